The molecule has 106 valence electrons. The van der Waals surface area contributed by atoms with Crippen molar-refractivity contribution in [1.29, 1.82) is 0 Å². The van der Waals surface area contributed by atoms with Crippen LogP contribution in [0.4, 0.5) is 5.69 Å². The Kier molecular flexibility index (Phi) is 5.11. The first-order valence-electron chi connectivity index (χ1n) is 6.50. The number of aryl methyl sites for hydroxylation is 1. The summed E-state index contributed by atoms with van der Waals surface area (Å²) in [6.07, 6.45) is 0. The van der Waals surface area contributed by atoms with E-state index in [-0.39, 0.29) is 5.75 Å². The Morgan fingerprint density at radius 1 is 1.10 bits per heavy atom. The van der Waals surface area contributed by atoms with Gasteiger partial charge in [0.1, 0.15) is 5.75 Å². The lowest BCUT2D eigenvalue weighted by Crippen LogP contribution is -2.22. The molecule has 2 aromatic carbocycles. The van der Waals surface area contributed by atoms with Gasteiger partial charge in [-0.25, -0.2) is 0 Å². The van der Waals surface area contributed by atoms with Crippen molar-refractivity contribution in [2.45, 2.75) is 20.4 Å². The quantitative estimate of drug-likeness (QED) is 0.759. The maximum Gasteiger partial charge on any atom is 0.143 e. The van der Waals surface area contributed by atoms with Gasteiger partial charge in [-0.2, -0.15) is 0 Å². The number of phenolic OH excluding ortho intramolecular Hbond substituents is 1. The topological polar surface area (TPSA) is 23.5 Å². The van der Waals surface area contributed by atoms with Crippen LogP contribution >= 0.6 is 31.9 Å². The van der Waals surface area contributed by atoms with Crippen LogP contribution in [0.3, 0.4) is 0 Å². The van der Waals surface area contributed by atoms with Gasteiger partial charge in [-0.3, -0.25) is 0 Å². The normalized spacial score (nSPS) is 10.6. The van der Waals surface area contributed by atoms with E-state index in [0.29, 0.717) is 8.95 Å². The van der Waals surface area contributed by atoms with E-state index in [1.807, 2.05) is 12.1 Å². The number of rotatable bonds is 4. The minimum Gasteiger partial charge on any atom is -0.506 e. The SMILES string of the molecule is CCN(Cc1cc(Br)c(O)c(Br)c1)c1ccccc1C. The van der Waals surface area contributed by atoms with Gasteiger partial charge in [0.2, 0.25) is 0 Å². The molecule has 0 spiro atoms. The van der Waals surface area contributed by atoms with Gasteiger partial charge in [-0.05, 0) is 75.0 Å². The Morgan fingerprint density at radius 3 is 2.25 bits per heavy atom. The molecule has 0 fully saturated rings. The molecule has 0 amide bonds. The largest absolute Gasteiger partial charge is 0.506 e. The van der Waals surface area contributed by atoms with Gasteiger partial charge in [0, 0.05) is 18.8 Å². The Balaban J connectivity index is 2.30. The molecule has 0 atom stereocenters. The zero-order valence-electron chi connectivity index (χ0n) is 11.5. The van der Waals surface area contributed by atoms with Gasteiger partial charge < -0.3 is 10.0 Å². The van der Waals surface area contributed by atoms with E-state index in [4.69, 9.17) is 0 Å². The summed E-state index contributed by atoms with van der Waals surface area (Å²) in [5.41, 5.74) is 3.66. The van der Waals surface area contributed by atoms with E-state index in [1.165, 1.54) is 11.3 Å². The van der Waals surface area contributed by atoms with Crippen LogP contribution in [-0.4, -0.2) is 11.7 Å². The molecule has 0 saturated heterocycles. The van der Waals surface area contributed by atoms with Gasteiger partial charge in [0.25, 0.3) is 0 Å². The second-order valence-electron chi connectivity index (χ2n) is 4.71. The number of phenols is 1. The highest BCUT2D eigenvalue weighted by molar-refractivity contribution is 9.11. The molecule has 2 aromatic rings. The second-order valence-corrected chi connectivity index (χ2v) is 6.42. The third-order valence-corrected chi connectivity index (χ3v) is 4.50. The summed E-state index contributed by atoms with van der Waals surface area (Å²) in [6.45, 7) is 6.01. The third-order valence-electron chi connectivity index (χ3n) is 3.29. The van der Waals surface area contributed by atoms with Crippen LogP contribution in [-0.2, 0) is 6.54 Å². The van der Waals surface area contributed by atoms with Crippen molar-refractivity contribution < 1.29 is 5.11 Å². The lowest BCUT2D eigenvalue weighted by molar-refractivity contribution is 0.468. The van der Waals surface area contributed by atoms with Crippen LogP contribution < -0.4 is 4.90 Å². The first-order valence-corrected chi connectivity index (χ1v) is 8.09. The van der Waals surface area contributed by atoms with Crippen LogP contribution in [0.15, 0.2) is 45.3 Å². The summed E-state index contributed by atoms with van der Waals surface area (Å²) in [5.74, 6) is 0.243. The predicted molar refractivity (Wildman–Crippen MR) is 91.4 cm³/mol. The molecule has 2 nitrogen and oxygen atoms in total. The zero-order valence-corrected chi connectivity index (χ0v) is 14.7. The van der Waals surface area contributed by atoms with Gasteiger partial charge in [0.15, 0.2) is 0 Å². The maximum atomic E-state index is 9.78. The number of para-hydroxylation sites is 1. The van der Waals surface area contributed by atoms with E-state index in [0.717, 1.165) is 18.7 Å². The van der Waals surface area contributed by atoms with E-state index in [2.05, 4.69) is 74.9 Å². The predicted octanol–water partition coefficient (Wildman–Crippen LogP) is 5.25. The average Bonchev–Trinajstić information content (AvgIpc) is 2.43. The first kappa shape index (κ1) is 15.4. The number of halogens is 2. The fourth-order valence-electron chi connectivity index (χ4n) is 2.22. The van der Waals surface area contributed by atoms with Gasteiger partial charge >= 0.3 is 0 Å². The summed E-state index contributed by atoms with van der Waals surface area (Å²) < 4.78 is 1.42. The molecular formula is C16H17Br2NO. The molecule has 1 N–H and O–H groups in total. The van der Waals surface area contributed by atoms with Crippen molar-refractivity contribution >= 4 is 37.5 Å². The smallest absolute Gasteiger partial charge is 0.143 e. The minimum atomic E-state index is 0.243. The maximum absolute atomic E-state index is 9.78. The Bertz CT molecular complexity index is 590. The number of aromatic hydroxyl groups is 1. The zero-order chi connectivity index (χ0) is 14.7. The van der Waals surface area contributed by atoms with Crippen LogP contribution in [0.5, 0.6) is 5.75 Å². The van der Waals surface area contributed by atoms with Crippen LogP contribution in [0.25, 0.3) is 0 Å². The molecule has 0 aliphatic heterocycles. The van der Waals surface area contributed by atoms with Crippen LogP contribution in [0.2, 0.25) is 0 Å². The number of hydrogen-bond donors (Lipinski definition) is 1. The summed E-state index contributed by atoms with van der Waals surface area (Å²) >= 11 is 6.76. The van der Waals surface area contributed by atoms with Crippen LogP contribution in [0.1, 0.15) is 18.1 Å². The van der Waals surface area contributed by atoms with Crippen molar-refractivity contribution in [2.24, 2.45) is 0 Å². The van der Waals surface area contributed by atoms with Crippen molar-refractivity contribution in [1.82, 2.24) is 0 Å². The molecule has 4 heteroatoms. The molecule has 0 unspecified atom stereocenters. The number of benzene rings is 2. The third kappa shape index (κ3) is 3.36. The molecule has 0 heterocycles. The van der Waals surface area contributed by atoms with E-state index >= 15 is 0 Å². The molecule has 0 aliphatic carbocycles. The van der Waals surface area contributed by atoms with Crippen LogP contribution in [0, 0.1) is 6.92 Å². The second kappa shape index (κ2) is 6.64. The van der Waals surface area contributed by atoms with E-state index in [9.17, 15) is 5.11 Å². The molecular weight excluding hydrogens is 382 g/mol. The number of anilines is 1. The highest BCUT2D eigenvalue weighted by atomic mass is 79.9. The first-order chi connectivity index (χ1) is 9.52. The summed E-state index contributed by atoms with van der Waals surface area (Å²) in [4.78, 5) is 2.32. The monoisotopic (exact) mass is 397 g/mol. The highest BCUT2D eigenvalue weighted by Gasteiger charge is 2.11. The molecule has 2 rings (SSSR count). The van der Waals surface area contributed by atoms with Gasteiger partial charge in [0.05, 0.1) is 8.95 Å². The van der Waals surface area contributed by atoms with E-state index < -0.39 is 0 Å². The fraction of sp³-hybridized carbons (Fsp3) is 0.250. The minimum absolute atomic E-state index is 0.243. The molecule has 0 aliphatic rings. The standard InChI is InChI=1S/C16H17Br2NO/c1-3-19(15-7-5-4-6-11(15)2)10-12-8-13(17)16(20)14(18)9-12/h4-9,20H,3,10H2,1-2H3. The van der Waals surface area contributed by atoms with E-state index in [1.54, 1.807) is 0 Å². The highest BCUT2D eigenvalue weighted by Crippen LogP contribution is 2.34. The molecule has 0 bridgehead atoms. The number of nitrogens with zero attached hydrogens (tertiary/aromatic N) is 1. The molecule has 0 saturated carbocycles. The van der Waals surface area contributed by atoms with Gasteiger partial charge in [-0.15, -0.1) is 0 Å². The van der Waals surface area contributed by atoms with Crippen molar-refractivity contribution in [3.05, 3.63) is 56.5 Å². The average molecular weight is 399 g/mol. The molecule has 0 radical (unpaired) electrons. The molecule has 20 heavy (non-hydrogen) atoms. The van der Waals surface area contributed by atoms with Crippen molar-refractivity contribution in [3.63, 3.8) is 0 Å². The fourth-order valence-corrected chi connectivity index (χ4v) is 3.50. The Hall–Kier alpha value is -1.00. The summed E-state index contributed by atoms with van der Waals surface area (Å²) in [7, 11) is 0. The molecule has 0 aromatic heterocycles. The van der Waals surface area contributed by atoms with Crippen molar-refractivity contribution in [3.8, 4) is 5.75 Å². The lowest BCUT2D eigenvalue weighted by Gasteiger charge is -2.25. The Labute approximate surface area is 136 Å². The lowest BCUT2D eigenvalue weighted by atomic mass is 10.1. The summed E-state index contributed by atoms with van der Waals surface area (Å²) in [6, 6.07) is 12.3. The summed E-state index contributed by atoms with van der Waals surface area (Å²) in [5, 5.41) is 9.78. The Morgan fingerprint density at radius 2 is 1.70 bits per heavy atom. The number of hydrogen-bond acceptors (Lipinski definition) is 2. The van der Waals surface area contributed by atoms with Crippen molar-refractivity contribution in [2.75, 3.05) is 11.4 Å². The van der Waals surface area contributed by atoms with Gasteiger partial charge in [-0.1, -0.05) is 18.2 Å².